The topological polar surface area (TPSA) is 59.6 Å². The van der Waals surface area contributed by atoms with E-state index in [1.165, 1.54) is 0 Å². The Balaban J connectivity index is 2.10. The predicted molar refractivity (Wildman–Crippen MR) is 77.3 cm³/mol. The molecule has 0 saturated heterocycles. The number of nitrogens with one attached hydrogen (secondary N) is 1. The molecule has 3 nitrogen and oxygen atoms in total. The lowest BCUT2D eigenvalue weighted by atomic mass is 10.1. The highest BCUT2D eigenvalue weighted by molar-refractivity contribution is 9.10. The van der Waals surface area contributed by atoms with Gasteiger partial charge in [0.15, 0.2) is 0 Å². The molecule has 2 aromatic rings. The van der Waals surface area contributed by atoms with Gasteiger partial charge >= 0.3 is 0 Å². The maximum Gasteiger partial charge on any atom is 0.101 e. The summed E-state index contributed by atoms with van der Waals surface area (Å²) >= 11 is 3.34. The first-order valence-corrected chi connectivity index (χ1v) is 6.45. The molecule has 2 rings (SSSR count). The fourth-order valence-corrected chi connectivity index (χ4v) is 2.02. The van der Waals surface area contributed by atoms with Gasteiger partial charge in [-0.15, -0.1) is 0 Å². The van der Waals surface area contributed by atoms with E-state index in [4.69, 9.17) is 10.5 Å². The van der Waals surface area contributed by atoms with Crippen LogP contribution in [-0.4, -0.2) is 0 Å². The molecule has 92 valence electrons. The third kappa shape index (κ3) is 3.34. The van der Waals surface area contributed by atoms with Crippen molar-refractivity contribution in [3.63, 3.8) is 0 Å². The second-order valence-electron chi connectivity index (χ2n) is 3.96. The fraction of sp³-hybridized carbons (Fsp3) is 0.0667. The van der Waals surface area contributed by atoms with Crippen molar-refractivity contribution in [2.75, 3.05) is 5.32 Å². The average Bonchev–Trinajstić information content (AvgIpc) is 2.46. The summed E-state index contributed by atoms with van der Waals surface area (Å²) in [6.45, 7) is 0.613. The molecule has 0 amide bonds. The zero-order chi connectivity index (χ0) is 13.7. The highest BCUT2D eigenvalue weighted by atomic mass is 79.9. The van der Waals surface area contributed by atoms with Crippen LogP contribution in [0.1, 0.15) is 16.7 Å². The lowest BCUT2D eigenvalue weighted by Crippen LogP contribution is -2.01. The van der Waals surface area contributed by atoms with Gasteiger partial charge in [-0.3, -0.25) is 0 Å². The lowest BCUT2D eigenvalue weighted by Gasteiger charge is -2.08. The number of rotatable bonds is 3. The van der Waals surface area contributed by atoms with E-state index in [1.54, 1.807) is 18.2 Å². The van der Waals surface area contributed by atoms with Gasteiger partial charge in [0.25, 0.3) is 0 Å². The molecule has 0 aromatic heterocycles. The number of anilines is 1. The molecule has 0 atom stereocenters. The Morgan fingerprint density at radius 2 is 1.74 bits per heavy atom. The Labute approximate surface area is 120 Å². The smallest absolute Gasteiger partial charge is 0.101 e. The van der Waals surface area contributed by atoms with Gasteiger partial charge in [-0.1, -0.05) is 28.1 Å². The molecule has 19 heavy (non-hydrogen) atoms. The van der Waals surface area contributed by atoms with Gasteiger partial charge in [-0.05, 0) is 35.9 Å². The highest BCUT2D eigenvalue weighted by Gasteiger charge is 2.02. The van der Waals surface area contributed by atoms with Crippen LogP contribution in [0.5, 0.6) is 0 Å². The molecular weight excluding hydrogens is 302 g/mol. The monoisotopic (exact) mass is 311 g/mol. The van der Waals surface area contributed by atoms with Crippen LogP contribution in [0.25, 0.3) is 0 Å². The average molecular weight is 312 g/mol. The van der Waals surface area contributed by atoms with Gasteiger partial charge < -0.3 is 5.32 Å². The van der Waals surface area contributed by atoms with Gasteiger partial charge in [-0.25, -0.2) is 0 Å². The number of halogens is 1. The van der Waals surface area contributed by atoms with E-state index in [1.807, 2.05) is 24.3 Å². The number of nitrogens with zero attached hydrogens (tertiary/aromatic N) is 2. The van der Waals surface area contributed by atoms with Gasteiger partial charge in [0.05, 0.1) is 22.9 Å². The van der Waals surface area contributed by atoms with E-state index >= 15 is 0 Å². The van der Waals surface area contributed by atoms with Crippen LogP contribution in [0, 0.1) is 22.7 Å². The van der Waals surface area contributed by atoms with E-state index < -0.39 is 0 Å². The third-order valence-electron chi connectivity index (χ3n) is 2.67. The van der Waals surface area contributed by atoms with Gasteiger partial charge in [0, 0.05) is 11.0 Å². The zero-order valence-corrected chi connectivity index (χ0v) is 11.6. The molecular formula is C15H10BrN3. The van der Waals surface area contributed by atoms with E-state index in [-0.39, 0.29) is 0 Å². The minimum absolute atomic E-state index is 0.600. The second-order valence-corrected chi connectivity index (χ2v) is 4.88. The molecule has 0 aliphatic carbocycles. The van der Waals surface area contributed by atoms with Crippen molar-refractivity contribution in [3.05, 3.63) is 63.6 Å². The number of hydrogen-bond donors (Lipinski definition) is 1. The van der Waals surface area contributed by atoms with Crippen molar-refractivity contribution >= 4 is 21.6 Å². The number of benzene rings is 2. The summed E-state index contributed by atoms with van der Waals surface area (Å²) in [6, 6.07) is 17.1. The van der Waals surface area contributed by atoms with E-state index in [9.17, 15) is 0 Å². The summed E-state index contributed by atoms with van der Waals surface area (Å²) in [5.74, 6) is 0. The second kappa shape index (κ2) is 6.04. The van der Waals surface area contributed by atoms with Crippen molar-refractivity contribution in [3.8, 4) is 12.1 Å². The first-order chi connectivity index (χ1) is 9.22. The quantitative estimate of drug-likeness (QED) is 0.937. The number of nitriles is 2. The Bertz CT molecular complexity index is 663. The summed E-state index contributed by atoms with van der Waals surface area (Å²) in [5, 5.41) is 21.0. The van der Waals surface area contributed by atoms with Crippen molar-refractivity contribution in [1.82, 2.24) is 0 Å². The molecule has 0 aliphatic heterocycles. The van der Waals surface area contributed by atoms with Crippen LogP contribution >= 0.6 is 15.9 Å². The summed E-state index contributed by atoms with van der Waals surface area (Å²) in [5.41, 5.74) is 3.11. The molecule has 0 saturated carbocycles. The van der Waals surface area contributed by atoms with Gasteiger partial charge in [0.2, 0.25) is 0 Å². The summed E-state index contributed by atoms with van der Waals surface area (Å²) in [7, 11) is 0. The molecule has 0 aliphatic rings. The zero-order valence-electron chi connectivity index (χ0n) is 10.0. The Morgan fingerprint density at radius 3 is 2.37 bits per heavy atom. The first-order valence-electron chi connectivity index (χ1n) is 5.65. The van der Waals surface area contributed by atoms with Crippen molar-refractivity contribution in [2.45, 2.75) is 6.54 Å². The summed E-state index contributed by atoms with van der Waals surface area (Å²) in [4.78, 5) is 0. The third-order valence-corrected chi connectivity index (χ3v) is 3.16. The van der Waals surface area contributed by atoms with Crippen molar-refractivity contribution < 1.29 is 0 Å². The first kappa shape index (κ1) is 13.1. The predicted octanol–water partition coefficient (Wildman–Crippen LogP) is 3.80. The molecule has 0 bridgehead atoms. The van der Waals surface area contributed by atoms with Crippen LogP contribution in [0.4, 0.5) is 5.69 Å². The molecule has 0 radical (unpaired) electrons. The van der Waals surface area contributed by atoms with Crippen LogP contribution < -0.4 is 5.32 Å². The van der Waals surface area contributed by atoms with Gasteiger partial charge in [0.1, 0.15) is 6.07 Å². The van der Waals surface area contributed by atoms with Crippen LogP contribution in [0.2, 0.25) is 0 Å². The number of hydrogen-bond acceptors (Lipinski definition) is 3. The molecule has 4 heteroatoms. The minimum atomic E-state index is 0.600. The van der Waals surface area contributed by atoms with E-state index in [0.717, 1.165) is 15.7 Å². The summed E-state index contributed by atoms with van der Waals surface area (Å²) in [6.07, 6.45) is 0. The standard InChI is InChI=1S/C15H10BrN3/c16-14-5-6-15(13(7-14)9-18)19-10-12-3-1-11(8-17)2-4-12/h1-7,19H,10H2. The maximum atomic E-state index is 9.06. The van der Waals surface area contributed by atoms with Crippen molar-refractivity contribution in [1.29, 1.82) is 10.5 Å². The Kier molecular flexibility index (Phi) is 4.18. The van der Waals surface area contributed by atoms with E-state index in [2.05, 4.69) is 33.4 Å². The molecule has 0 unspecified atom stereocenters. The minimum Gasteiger partial charge on any atom is -0.380 e. The van der Waals surface area contributed by atoms with Crippen LogP contribution in [-0.2, 0) is 6.54 Å². The van der Waals surface area contributed by atoms with E-state index in [0.29, 0.717) is 17.7 Å². The normalized spacial score (nSPS) is 9.42. The molecule has 1 N–H and O–H groups in total. The lowest BCUT2D eigenvalue weighted by molar-refractivity contribution is 1.14. The van der Waals surface area contributed by atoms with Crippen LogP contribution in [0.15, 0.2) is 46.9 Å². The highest BCUT2D eigenvalue weighted by Crippen LogP contribution is 2.20. The Hall–Kier alpha value is -2.30. The fourth-order valence-electron chi connectivity index (χ4n) is 1.66. The summed E-state index contributed by atoms with van der Waals surface area (Å²) < 4.78 is 0.882. The molecule has 2 aromatic carbocycles. The largest absolute Gasteiger partial charge is 0.380 e. The molecule has 0 heterocycles. The SMILES string of the molecule is N#Cc1ccc(CNc2ccc(Br)cc2C#N)cc1. The van der Waals surface area contributed by atoms with Crippen molar-refractivity contribution in [2.24, 2.45) is 0 Å². The van der Waals surface area contributed by atoms with Gasteiger partial charge in [-0.2, -0.15) is 10.5 Å². The maximum absolute atomic E-state index is 9.06. The van der Waals surface area contributed by atoms with Crippen LogP contribution in [0.3, 0.4) is 0 Å². The molecule has 0 spiro atoms. The Morgan fingerprint density at radius 1 is 1.00 bits per heavy atom. The molecule has 0 fully saturated rings.